The average molecular weight is 312 g/mol. The zero-order valence-corrected chi connectivity index (χ0v) is 12.5. The smallest absolute Gasteiger partial charge is 0.126 e. The Kier molecular flexibility index (Phi) is 6.62. The molecule has 0 aliphatic carbocycles. The van der Waals surface area contributed by atoms with Crippen molar-refractivity contribution in [2.45, 2.75) is 18.6 Å². The molecule has 2 rings (SSSR count). The molecular formula is C16H19ClFNO2. The van der Waals surface area contributed by atoms with E-state index in [-0.39, 0.29) is 12.4 Å². The molecule has 3 nitrogen and oxygen atoms in total. The van der Waals surface area contributed by atoms with Gasteiger partial charge in [0.2, 0.25) is 0 Å². The van der Waals surface area contributed by atoms with E-state index in [4.69, 9.17) is 10.5 Å². The molecule has 114 valence electrons. The fourth-order valence-corrected chi connectivity index (χ4v) is 2.15. The van der Waals surface area contributed by atoms with Gasteiger partial charge in [0.25, 0.3) is 0 Å². The van der Waals surface area contributed by atoms with E-state index in [2.05, 4.69) is 0 Å². The molecule has 0 aliphatic heterocycles. The van der Waals surface area contributed by atoms with Gasteiger partial charge in [0.05, 0.1) is 19.3 Å². The first-order chi connectivity index (χ1) is 9.61. The molecule has 0 unspecified atom stereocenters. The number of ether oxygens (including phenoxy) is 1. The predicted octanol–water partition coefficient (Wildman–Crippen LogP) is 2.86. The molecule has 0 saturated heterocycles. The lowest BCUT2D eigenvalue weighted by molar-refractivity contribution is 0.143. The van der Waals surface area contributed by atoms with E-state index in [0.717, 1.165) is 5.56 Å². The van der Waals surface area contributed by atoms with E-state index in [1.807, 2.05) is 30.3 Å². The Morgan fingerprint density at radius 3 is 2.48 bits per heavy atom. The Hall–Kier alpha value is -1.62. The SMILES string of the molecule is COc1cc(F)ccc1[C@H](N)[C@H](O)Cc1ccccc1.Cl. The quantitative estimate of drug-likeness (QED) is 0.892. The predicted molar refractivity (Wildman–Crippen MR) is 83.3 cm³/mol. The van der Waals surface area contributed by atoms with Crippen LogP contribution in [-0.2, 0) is 6.42 Å². The summed E-state index contributed by atoms with van der Waals surface area (Å²) in [5.41, 5.74) is 7.65. The molecule has 0 fully saturated rings. The Morgan fingerprint density at radius 1 is 1.19 bits per heavy atom. The van der Waals surface area contributed by atoms with Crippen molar-refractivity contribution in [2.75, 3.05) is 7.11 Å². The normalized spacial score (nSPS) is 13.1. The Bertz CT molecular complexity index is 565. The van der Waals surface area contributed by atoms with Gasteiger partial charge in [0.15, 0.2) is 0 Å². The first-order valence-corrected chi connectivity index (χ1v) is 6.43. The fourth-order valence-electron chi connectivity index (χ4n) is 2.15. The van der Waals surface area contributed by atoms with Crippen molar-refractivity contribution < 1.29 is 14.2 Å². The van der Waals surface area contributed by atoms with Crippen molar-refractivity contribution in [1.82, 2.24) is 0 Å². The lowest BCUT2D eigenvalue weighted by Crippen LogP contribution is -2.28. The first kappa shape index (κ1) is 17.4. The van der Waals surface area contributed by atoms with Crippen molar-refractivity contribution in [3.8, 4) is 5.75 Å². The van der Waals surface area contributed by atoms with Gasteiger partial charge in [-0.25, -0.2) is 4.39 Å². The number of benzene rings is 2. The van der Waals surface area contributed by atoms with Crippen LogP contribution in [-0.4, -0.2) is 18.3 Å². The molecule has 0 amide bonds. The minimum absolute atomic E-state index is 0. The second-order valence-electron chi connectivity index (χ2n) is 4.67. The molecule has 2 aromatic carbocycles. The van der Waals surface area contributed by atoms with Crippen molar-refractivity contribution in [3.05, 3.63) is 65.5 Å². The fraction of sp³-hybridized carbons (Fsp3) is 0.250. The lowest BCUT2D eigenvalue weighted by atomic mass is 9.96. The van der Waals surface area contributed by atoms with Gasteiger partial charge < -0.3 is 15.6 Å². The van der Waals surface area contributed by atoms with Gasteiger partial charge in [-0.05, 0) is 11.6 Å². The van der Waals surface area contributed by atoms with Crippen LogP contribution in [0, 0.1) is 5.82 Å². The number of aliphatic hydroxyl groups excluding tert-OH is 1. The highest BCUT2D eigenvalue weighted by Gasteiger charge is 2.21. The van der Waals surface area contributed by atoms with Gasteiger partial charge >= 0.3 is 0 Å². The van der Waals surface area contributed by atoms with Crippen LogP contribution in [0.15, 0.2) is 48.5 Å². The molecule has 21 heavy (non-hydrogen) atoms. The maximum atomic E-state index is 13.2. The summed E-state index contributed by atoms with van der Waals surface area (Å²) >= 11 is 0. The Balaban J connectivity index is 0.00000220. The van der Waals surface area contributed by atoms with Crippen LogP contribution in [0.5, 0.6) is 5.75 Å². The van der Waals surface area contributed by atoms with Gasteiger partial charge in [-0.1, -0.05) is 36.4 Å². The number of aliphatic hydroxyl groups is 1. The minimum atomic E-state index is -0.767. The molecule has 3 N–H and O–H groups in total. The van der Waals surface area contributed by atoms with E-state index in [0.29, 0.717) is 17.7 Å². The molecule has 0 aliphatic rings. The molecular weight excluding hydrogens is 293 g/mol. The molecule has 0 radical (unpaired) electrons. The average Bonchev–Trinajstić information content (AvgIpc) is 2.47. The summed E-state index contributed by atoms with van der Waals surface area (Å²) in [6, 6.07) is 13.1. The van der Waals surface area contributed by atoms with Gasteiger partial charge in [-0.15, -0.1) is 12.4 Å². The molecule has 0 saturated carbocycles. The van der Waals surface area contributed by atoms with Crippen LogP contribution in [0.2, 0.25) is 0 Å². The first-order valence-electron chi connectivity index (χ1n) is 6.43. The number of halogens is 2. The molecule has 0 bridgehead atoms. The highest BCUT2D eigenvalue weighted by molar-refractivity contribution is 5.85. The second-order valence-corrected chi connectivity index (χ2v) is 4.67. The molecule has 2 atom stereocenters. The minimum Gasteiger partial charge on any atom is -0.496 e. The molecule has 5 heteroatoms. The van der Waals surface area contributed by atoms with Crippen molar-refractivity contribution in [1.29, 1.82) is 0 Å². The zero-order valence-electron chi connectivity index (χ0n) is 11.7. The number of nitrogens with two attached hydrogens (primary N) is 1. The van der Waals surface area contributed by atoms with Gasteiger partial charge in [0.1, 0.15) is 11.6 Å². The highest BCUT2D eigenvalue weighted by atomic mass is 35.5. The van der Waals surface area contributed by atoms with Crippen molar-refractivity contribution >= 4 is 12.4 Å². The lowest BCUT2D eigenvalue weighted by Gasteiger charge is -2.21. The van der Waals surface area contributed by atoms with Gasteiger partial charge in [0, 0.05) is 18.1 Å². The van der Waals surface area contributed by atoms with Crippen molar-refractivity contribution in [2.24, 2.45) is 5.73 Å². The summed E-state index contributed by atoms with van der Waals surface area (Å²) in [4.78, 5) is 0. The Morgan fingerprint density at radius 2 is 1.86 bits per heavy atom. The van der Waals surface area contributed by atoms with E-state index >= 15 is 0 Å². The topological polar surface area (TPSA) is 55.5 Å². The third-order valence-corrected chi connectivity index (χ3v) is 3.26. The van der Waals surface area contributed by atoms with E-state index in [1.54, 1.807) is 6.07 Å². The van der Waals surface area contributed by atoms with Crippen LogP contribution in [0.4, 0.5) is 4.39 Å². The van der Waals surface area contributed by atoms with E-state index < -0.39 is 18.0 Å². The number of hydrogen-bond donors (Lipinski definition) is 2. The van der Waals surface area contributed by atoms with Gasteiger partial charge in [-0.2, -0.15) is 0 Å². The van der Waals surface area contributed by atoms with Crippen molar-refractivity contribution in [3.63, 3.8) is 0 Å². The van der Waals surface area contributed by atoms with Crippen LogP contribution < -0.4 is 10.5 Å². The van der Waals surface area contributed by atoms with E-state index in [9.17, 15) is 9.50 Å². The van der Waals surface area contributed by atoms with Crippen LogP contribution in [0.1, 0.15) is 17.2 Å². The van der Waals surface area contributed by atoms with Crippen LogP contribution in [0.3, 0.4) is 0 Å². The number of methoxy groups -OCH3 is 1. The largest absolute Gasteiger partial charge is 0.496 e. The molecule has 0 heterocycles. The summed E-state index contributed by atoms with van der Waals surface area (Å²) in [6.07, 6.45) is -0.334. The third-order valence-electron chi connectivity index (χ3n) is 3.26. The number of hydrogen-bond acceptors (Lipinski definition) is 3. The molecule has 0 spiro atoms. The summed E-state index contributed by atoms with van der Waals surface area (Å²) in [7, 11) is 1.45. The van der Waals surface area contributed by atoms with Gasteiger partial charge in [-0.3, -0.25) is 0 Å². The van der Waals surface area contributed by atoms with E-state index in [1.165, 1.54) is 19.2 Å². The zero-order chi connectivity index (χ0) is 14.5. The molecule has 2 aromatic rings. The monoisotopic (exact) mass is 311 g/mol. The summed E-state index contributed by atoms with van der Waals surface area (Å²) in [5, 5.41) is 10.2. The molecule has 0 aromatic heterocycles. The number of rotatable bonds is 5. The highest BCUT2D eigenvalue weighted by Crippen LogP contribution is 2.27. The van der Waals surface area contributed by atoms with Crippen LogP contribution >= 0.6 is 12.4 Å². The maximum absolute atomic E-state index is 13.2. The summed E-state index contributed by atoms with van der Waals surface area (Å²) < 4.78 is 18.3. The second kappa shape index (κ2) is 7.98. The summed E-state index contributed by atoms with van der Waals surface area (Å²) in [5.74, 6) is -0.0417. The Labute approximate surface area is 130 Å². The maximum Gasteiger partial charge on any atom is 0.126 e. The van der Waals surface area contributed by atoms with Crippen LogP contribution in [0.25, 0.3) is 0 Å². The summed E-state index contributed by atoms with van der Waals surface area (Å²) in [6.45, 7) is 0. The standard InChI is InChI=1S/C16H18FNO2.ClH/c1-20-15-10-12(17)7-8-13(15)16(18)14(19)9-11-5-3-2-4-6-11;/h2-8,10,14,16,19H,9,18H2,1H3;1H/t14-,16+;/m1./s1. The third kappa shape index (κ3) is 4.43.